The molecular weight excluding hydrogens is 230 g/mol. The van der Waals surface area contributed by atoms with E-state index < -0.39 is 0 Å². The number of pyridine rings is 2. The molecule has 0 saturated heterocycles. The molecule has 3 heterocycles. The highest BCUT2D eigenvalue weighted by molar-refractivity contribution is 6.03. The summed E-state index contributed by atoms with van der Waals surface area (Å²) in [5, 5.41) is 2.72. The van der Waals surface area contributed by atoms with Crippen molar-refractivity contribution in [1.82, 2.24) is 9.97 Å². The topological polar surface area (TPSA) is 68.0 Å². The number of aromatic nitrogens is 2. The molecule has 0 aromatic carbocycles. The van der Waals surface area contributed by atoms with E-state index in [1.54, 1.807) is 49.0 Å². The van der Waals surface area contributed by atoms with Crippen LogP contribution in [0, 0.1) is 0 Å². The second kappa shape index (κ2) is 4.29. The van der Waals surface area contributed by atoms with Gasteiger partial charge in [-0.3, -0.25) is 14.8 Å². The van der Waals surface area contributed by atoms with Crippen LogP contribution in [0.2, 0.25) is 0 Å². The molecule has 0 aliphatic rings. The van der Waals surface area contributed by atoms with Crippen molar-refractivity contribution in [1.29, 1.82) is 0 Å². The van der Waals surface area contributed by atoms with E-state index in [-0.39, 0.29) is 5.91 Å². The van der Waals surface area contributed by atoms with E-state index in [1.165, 1.54) is 0 Å². The molecule has 0 aliphatic heterocycles. The molecule has 0 atom stereocenters. The van der Waals surface area contributed by atoms with Gasteiger partial charge in [0, 0.05) is 18.3 Å². The highest BCUT2D eigenvalue weighted by atomic mass is 16.3. The Hall–Kier alpha value is -2.69. The molecule has 5 heteroatoms. The van der Waals surface area contributed by atoms with Gasteiger partial charge >= 0.3 is 0 Å². The minimum absolute atomic E-state index is 0.275. The zero-order chi connectivity index (χ0) is 12.4. The molecule has 0 unspecified atom stereocenters. The second-order valence-electron chi connectivity index (χ2n) is 3.70. The first-order valence-electron chi connectivity index (χ1n) is 5.38. The summed E-state index contributed by atoms with van der Waals surface area (Å²) >= 11 is 0. The van der Waals surface area contributed by atoms with Crippen LogP contribution >= 0.6 is 0 Å². The lowest BCUT2D eigenvalue weighted by molar-refractivity contribution is 0.102. The van der Waals surface area contributed by atoms with Crippen LogP contribution in [0.4, 0.5) is 5.69 Å². The molecule has 88 valence electrons. The van der Waals surface area contributed by atoms with Crippen LogP contribution in [0.25, 0.3) is 11.1 Å². The van der Waals surface area contributed by atoms with Gasteiger partial charge in [-0.05, 0) is 12.1 Å². The number of carbonyl (C=O) groups is 1. The molecule has 0 aliphatic carbocycles. The van der Waals surface area contributed by atoms with E-state index in [2.05, 4.69) is 15.3 Å². The van der Waals surface area contributed by atoms with Crippen molar-refractivity contribution in [3.8, 4) is 0 Å². The second-order valence-corrected chi connectivity index (χ2v) is 3.70. The number of hydrogen-bond acceptors (Lipinski definition) is 4. The maximum Gasteiger partial charge on any atom is 0.274 e. The van der Waals surface area contributed by atoms with E-state index in [0.29, 0.717) is 17.0 Å². The molecule has 1 amide bonds. The maximum absolute atomic E-state index is 11.9. The van der Waals surface area contributed by atoms with Crippen molar-refractivity contribution in [2.45, 2.75) is 0 Å². The minimum atomic E-state index is -0.275. The Labute approximate surface area is 102 Å². The minimum Gasteiger partial charge on any atom is -0.463 e. The number of amides is 1. The third-order valence-electron chi connectivity index (χ3n) is 2.46. The van der Waals surface area contributed by atoms with Crippen molar-refractivity contribution in [2.75, 3.05) is 5.32 Å². The van der Waals surface area contributed by atoms with Crippen LogP contribution in [0.3, 0.4) is 0 Å². The summed E-state index contributed by atoms with van der Waals surface area (Å²) in [7, 11) is 0. The Kier molecular flexibility index (Phi) is 2.49. The lowest BCUT2D eigenvalue weighted by Gasteiger charge is -2.03. The van der Waals surface area contributed by atoms with E-state index in [1.807, 2.05) is 0 Å². The predicted molar refractivity (Wildman–Crippen MR) is 66.2 cm³/mol. The zero-order valence-corrected chi connectivity index (χ0v) is 9.33. The van der Waals surface area contributed by atoms with E-state index in [4.69, 9.17) is 4.42 Å². The Morgan fingerprint density at radius 1 is 1.22 bits per heavy atom. The lowest BCUT2D eigenvalue weighted by atomic mass is 10.3. The van der Waals surface area contributed by atoms with Crippen LogP contribution in [0.15, 0.2) is 53.4 Å². The molecule has 3 rings (SSSR count). The molecule has 0 saturated carbocycles. The summed E-state index contributed by atoms with van der Waals surface area (Å²) in [5.41, 5.74) is 2.32. The molecule has 0 fully saturated rings. The van der Waals surface area contributed by atoms with Crippen LogP contribution in [0.5, 0.6) is 0 Å². The smallest absolute Gasteiger partial charge is 0.274 e. The third-order valence-corrected chi connectivity index (χ3v) is 2.46. The number of hydrogen-bond donors (Lipinski definition) is 1. The van der Waals surface area contributed by atoms with Crippen molar-refractivity contribution >= 4 is 22.7 Å². The average Bonchev–Trinajstić information content (AvgIpc) is 2.87. The SMILES string of the molecule is O=C(Nc1cnc2ccoc2c1)c1ccccn1. The zero-order valence-electron chi connectivity index (χ0n) is 9.33. The van der Waals surface area contributed by atoms with E-state index in [0.717, 1.165) is 5.52 Å². The fraction of sp³-hybridized carbons (Fsp3) is 0. The van der Waals surface area contributed by atoms with Crippen LogP contribution in [-0.2, 0) is 0 Å². The number of furan rings is 1. The largest absolute Gasteiger partial charge is 0.463 e. The van der Waals surface area contributed by atoms with Gasteiger partial charge in [0.05, 0.1) is 18.1 Å². The third kappa shape index (κ3) is 1.93. The predicted octanol–water partition coefficient (Wildman–Crippen LogP) is 2.48. The molecule has 0 bridgehead atoms. The summed E-state index contributed by atoms with van der Waals surface area (Å²) in [6.45, 7) is 0. The fourth-order valence-corrected chi connectivity index (χ4v) is 1.61. The number of fused-ring (bicyclic) bond motifs is 1. The van der Waals surface area contributed by atoms with E-state index >= 15 is 0 Å². The van der Waals surface area contributed by atoms with Gasteiger partial charge in [-0.25, -0.2) is 0 Å². The molecule has 18 heavy (non-hydrogen) atoms. The highest BCUT2D eigenvalue weighted by Crippen LogP contribution is 2.17. The monoisotopic (exact) mass is 239 g/mol. The van der Waals surface area contributed by atoms with Crippen LogP contribution < -0.4 is 5.32 Å². The highest BCUT2D eigenvalue weighted by Gasteiger charge is 2.08. The summed E-state index contributed by atoms with van der Waals surface area (Å²) in [6, 6.07) is 8.65. The van der Waals surface area contributed by atoms with Gasteiger partial charge in [0.25, 0.3) is 5.91 Å². The van der Waals surface area contributed by atoms with Crippen molar-refractivity contribution in [3.05, 3.63) is 54.7 Å². The molecule has 0 spiro atoms. The number of carbonyl (C=O) groups excluding carboxylic acids is 1. The number of anilines is 1. The normalized spacial score (nSPS) is 10.4. The van der Waals surface area contributed by atoms with E-state index in [9.17, 15) is 4.79 Å². The first kappa shape index (κ1) is 10.5. The Morgan fingerprint density at radius 3 is 3.00 bits per heavy atom. The van der Waals surface area contributed by atoms with Gasteiger partial charge in [0.1, 0.15) is 11.2 Å². The first-order valence-corrected chi connectivity index (χ1v) is 5.38. The quantitative estimate of drug-likeness (QED) is 0.745. The van der Waals surface area contributed by atoms with Gasteiger partial charge in [0.2, 0.25) is 0 Å². The van der Waals surface area contributed by atoms with Crippen molar-refractivity contribution in [3.63, 3.8) is 0 Å². The van der Waals surface area contributed by atoms with Crippen LogP contribution in [0.1, 0.15) is 10.5 Å². The summed E-state index contributed by atoms with van der Waals surface area (Å²) in [5.74, 6) is -0.275. The van der Waals surface area contributed by atoms with Crippen molar-refractivity contribution in [2.24, 2.45) is 0 Å². The average molecular weight is 239 g/mol. The summed E-state index contributed by atoms with van der Waals surface area (Å²) in [4.78, 5) is 20.0. The fourth-order valence-electron chi connectivity index (χ4n) is 1.61. The maximum atomic E-state index is 11.9. The number of nitrogens with one attached hydrogen (secondary N) is 1. The van der Waals surface area contributed by atoms with Gasteiger partial charge in [-0.2, -0.15) is 0 Å². The van der Waals surface area contributed by atoms with Gasteiger partial charge in [0.15, 0.2) is 5.58 Å². The molecular formula is C13H9N3O2. The van der Waals surface area contributed by atoms with Crippen LogP contribution in [-0.4, -0.2) is 15.9 Å². The van der Waals surface area contributed by atoms with Gasteiger partial charge in [-0.15, -0.1) is 0 Å². The standard InChI is InChI=1S/C13H9N3O2/c17-13(11-3-1-2-5-14-11)16-9-7-12-10(15-8-9)4-6-18-12/h1-8H,(H,16,17). The lowest BCUT2D eigenvalue weighted by Crippen LogP contribution is -2.13. The Balaban J connectivity index is 1.86. The Morgan fingerprint density at radius 2 is 2.17 bits per heavy atom. The summed E-state index contributed by atoms with van der Waals surface area (Å²) in [6.07, 6.45) is 4.71. The number of nitrogens with zero attached hydrogens (tertiary/aromatic N) is 2. The molecule has 5 nitrogen and oxygen atoms in total. The first-order chi connectivity index (χ1) is 8.83. The molecule has 0 radical (unpaired) electrons. The Bertz CT molecular complexity index is 692. The van der Waals surface area contributed by atoms with Gasteiger partial charge in [-0.1, -0.05) is 6.07 Å². The number of rotatable bonds is 2. The molecule has 1 N–H and O–H groups in total. The summed E-state index contributed by atoms with van der Waals surface area (Å²) < 4.78 is 5.22. The van der Waals surface area contributed by atoms with Gasteiger partial charge < -0.3 is 9.73 Å². The van der Waals surface area contributed by atoms with Crippen molar-refractivity contribution < 1.29 is 9.21 Å². The molecule has 3 aromatic rings. The molecule has 3 aromatic heterocycles.